The molecule has 2 N–H and O–H groups in total. The highest BCUT2D eigenvalue weighted by molar-refractivity contribution is 6.04. The molecule has 5 heteroatoms. The largest absolute Gasteiger partial charge is 0.372 e. The number of hydrogen-bond donors (Lipinski definition) is 2. The van der Waals surface area contributed by atoms with E-state index in [0.29, 0.717) is 24.7 Å². The van der Waals surface area contributed by atoms with E-state index in [0.717, 1.165) is 36.3 Å². The lowest BCUT2D eigenvalue weighted by Gasteiger charge is -2.10. The van der Waals surface area contributed by atoms with Crippen molar-refractivity contribution in [2.75, 3.05) is 18.4 Å². The summed E-state index contributed by atoms with van der Waals surface area (Å²) >= 11 is 0. The molecule has 24 heavy (non-hydrogen) atoms. The number of rotatable bonds is 4. The van der Waals surface area contributed by atoms with Crippen LogP contribution in [0.5, 0.6) is 0 Å². The second-order valence-electron chi connectivity index (χ2n) is 6.58. The smallest absolute Gasteiger partial charge is 0.257 e. The fraction of sp³-hybridized carbons (Fsp3) is 0.368. The molecule has 1 aromatic carbocycles. The van der Waals surface area contributed by atoms with Crippen molar-refractivity contribution >= 4 is 11.6 Å². The molecule has 2 aliphatic rings. The molecule has 0 bridgehead atoms. The predicted octanol–water partition coefficient (Wildman–Crippen LogP) is 2.52. The Kier molecular flexibility index (Phi) is 4.28. The van der Waals surface area contributed by atoms with Crippen molar-refractivity contribution in [1.29, 1.82) is 0 Å². The van der Waals surface area contributed by atoms with Crippen LogP contribution in [0, 0.1) is 5.92 Å². The van der Waals surface area contributed by atoms with Crippen molar-refractivity contribution in [1.82, 2.24) is 10.3 Å². The molecule has 1 atom stereocenters. The number of nitrogens with one attached hydrogen (secondary N) is 2. The van der Waals surface area contributed by atoms with Gasteiger partial charge in [0.2, 0.25) is 0 Å². The monoisotopic (exact) mass is 323 g/mol. The molecular weight excluding hydrogens is 302 g/mol. The summed E-state index contributed by atoms with van der Waals surface area (Å²) in [6, 6.07) is 7.88. The van der Waals surface area contributed by atoms with Gasteiger partial charge in [0.1, 0.15) is 0 Å². The third kappa shape index (κ3) is 3.32. The topological polar surface area (TPSA) is 63.2 Å². The van der Waals surface area contributed by atoms with Crippen LogP contribution in [0.4, 0.5) is 5.69 Å². The molecule has 1 aromatic heterocycles. The zero-order valence-electron chi connectivity index (χ0n) is 13.5. The van der Waals surface area contributed by atoms with E-state index in [1.165, 1.54) is 12.0 Å². The molecule has 0 aliphatic carbocycles. The fourth-order valence-electron chi connectivity index (χ4n) is 3.40. The van der Waals surface area contributed by atoms with Gasteiger partial charge in [-0.15, -0.1) is 0 Å². The number of pyridine rings is 1. The standard InChI is InChI=1S/C19H21N3O2/c23-19(22-18-2-1-15-11-24-12-17(15)7-18)16-6-14(9-21-10-16)5-13-3-4-20-8-13/h1-2,6-7,9-10,13,20H,3-5,8,11-12H2,(H,22,23). The van der Waals surface area contributed by atoms with E-state index in [-0.39, 0.29) is 5.91 Å². The highest BCUT2D eigenvalue weighted by atomic mass is 16.5. The Hall–Kier alpha value is -2.24. The Labute approximate surface area is 141 Å². The van der Waals surface area contributed by atoms with Crippen LogP contribution < -0.4 is 10.6 Å². The van der Waals surface area contributed by atoms with Crippen LogP contribution in [0.15, 0.2) is 36.7 Å². The van der Waals surface area contributed by atoms with Crippen molar-refractivity contribution in [3.05, 3.63) is 58.9 Å². The van der Waals surface area contributed by atoms with Gasteiger partial charge in [-0.2, -0.15) is 0 Å². The van der Waals surface area contributed by atoms with Gasteiger partial charge in [-0.1, -0.05) is 6.07 Å². The van der Waals surface area contributed by atoms with Gasteiger partial charge in [0.15, 0.2) is 0 Å². The Morgan fingerprint density at radius 1 is 1.25 bits per heavy atom. The first-order chi connectivity index (χ1) is 11.8. The molecule has 5 nitrogen and oxygen atoms in total. The number of benzene rings is 1. The van der Waals surface area contributed by atoms with Crippen LogP contribution in [0.1, 0.15) is 33.5 Å². The number of amides is 1. The highest BCUT2D eigenvalue weighted by Gasteiger charge is 2.17. The van der Waals surface area contributed by atoms with Crippen molar-refractivity contribution in [3.63, 3.8) is 0 Å². The molecule has 3 heterocycles. The number of fused-ring (bicyclic) bond motifs is 1. The van der Waals surface area contributed by atoms with Crippen LogP contribution >= 0.6 is 0 Å². The average molecular weight is 323 g/mol. The summed E-state index contributed by atoms with van der Waals surface area (Å²) in [5.74, 6) is 0.523. The molecule has 4 rings (SSSR count). The third-order valence-corrected chi connectivity index (χ3v) is 4.72. The Morgan fingerprint density at radius 2 is 2.17 bits per heavy atom. The third-order valence-electron chi connectivity index (χ3n) is 4.72. The van der Waals surface area contributed by atoms with Crippen LogP contribution in [-0.2, 0) is 24.4 Å². The lowest BCUT2D eigenvalue weighted by atomic mass is 9.99. The minimum Gasteiger partial charge on any atom is -0.372 e. The second-order valence-corrected chi connectivity index (χ2v) is 6.58. The van der Waals surface area contributed by atoms with E-state index < -0.39 is 0 Å². The number of carbonyl (C=O) groups excluding carboxylic acids is 1. The van der Waals surface area contributed by atoms with Gasteiger partial charge in [-0.25, -0.2) is 0 Å². The minimum atomic E-state index is -0.118. The van der Waals surface area contributed by atoms with Gasteiger partial charge in [-0.05, 0) is 66.7 Å². The number of nitrogens with zero attached hydrogens (tertiary/aromatic N) is 1. The first-order valence-electron chi connectivity index (χ1n) is 8.43. The molecule has 0 saturated carbocycles. The van der Waals surface area contributed by atoms with E-state index in [9.17, 15) is 4.79 Å². The van der Waals surface area contributed by atoms with Gasteiger partial charge >= 0.3 is 0 Å². The Morgan fingerprint density at radius 3 is 3.04 bits per heavy atom. The lowest BCUT2D eigenvalue weighted by molar-refractivity contribution is 0.102. The van der Waals surface area contributed by atoms with Crippen molar-refractivity contribution in [2.24, 2.45) is 5.92 Å². The Bertz CT molecular complexity index is 754. The SMILES string of the molecule is O=C(Nc1ccc2c(c1)COC2)c1cncc(CC2CCNC2)c1. The van der Waals surface area contributed by atoms with E-state index >= 15 is 0 Å². The number of hydrogen-bond acceptors (Lipinski definition) is 4. The predicted molar refractivity (Wildman–Crippen MR) is 91.8 cm³/mol. The number of carbonyl (C=O) groups is 1. The summed E-state index contributed by atoms with van der Waals surface area (Å²) in [5, 5.41) is 6.34. The van der Waals surface area contributed by atoms with Crippen molar-refractivity contribution < 1.29 is 9.53 Å². The first kappa shape index (κ1) is 15.3. The molecule has 1 fully saturated rings. The quantitative estimate of drug-likeness (QED) is 0.907. The van der Waals surface area contributed by atoms with Crippen LogP contribution in [0.3, 0.4) is 0 Å². The molecule has 1 saturated heterocycles. The maximum absolute atomic E-state index is 12.5. The lowest BCUT2D eigenvalue weighted by Crippen LogP contribution is -2.14. The zero-order chi connectivity index (χ0) is 16.4. The normalized spacial score (nSPS) is 19.2. The molecule has 2 aromatic rings. The number of ether oxygens (including phenoxy) is 1. The van der Waals surface area contributed by atoms with Crippen LogP contribution in [0.25, 0.3) is 0 Å². The fourth-order valence-corrected chi connectivity index (χ4v) is 3.40. The highest BCUT2D eigenvalue weighted by Crippen LogP contribution is 2.23. The van der Waals surface area contributed by atoms with E-state index in [1.807, 2.05) is 30.5 Å². The van der Waals surface area contributed by atoms with Gasteiger partial charge in [0.05, 0.1) is 18.8 Å². The molecule has 124 valence electrons. The van der Waals surface area contributed by atoms with Crippen LogP contribution in [-0.4, -0.2) is 24.0 Å². The van der Waals surface area contributed by atoms with Crippen LogP contribution in [0.2, 0.25) is 0 Å². The number of anilines is 1. The maximum atomic E-state index is 12.5. The summed E-state index contributed by atoms with van der Waals surface area (Å²) in [7, 11) is 0. The average Bonchev–Trinajstić information content (AvgIpc) is 3.26. The second kappa shape index (κ2) is 6.71. The first-order valence-corrected chi connectivity index (χ1v) is 8.43. The van der Waals surface area contributed by atoms with Gasteiger partial charge in [0.25, 0.3) is 5.91 Å². The van der Waals surface area contributed by atoms with Gasteiger partial charge < -0.3 is 15.4 Å². The summed E-state index contributed by atoms with van der Waals surface area (Å²) in [6.45, 7) is 3.41. The Balaban J connectivity index is 1.45. The zero-order valence-corrected chi connectivity index (χ0v) is 13.5. The number of aromatic nitrogens is 1. The molecule has 1 amide bonds. The van der Waals surface area contributed by atoms with Crippen molar-refractivity contribution in [3.8, 4) is 0 Å². The van der Waals surface area contributed by atoms with E-state index in [1.54, 1.807) is 6.20 Å². The van der Waals surface area contributed by atoms with Crippen molar-refractivity contribution in [2.45, 2.75) is 26.1 Å². The van der Waals surface area contributed by atoms with E-state index in [4.69, 9.17) is 4.74 Å². The molecule has 1 unspecified atom stereocenters. The molecule has 0 radical (unpaired) electrons. The minimum absolute atomic E-state index is 0.118. The molecular formula is C19H21N3O2. The maximum Gasteiger partial charge on any atom is 0.257 e. The summed E-state index contributed by atoms with van der Waals surface area (Å²) in [5.41, 5.74) is 4.87. The van der Waals surface area contributed by atoms with Gasteiger partial charge in [0, 0.05) is 18.1 Å². The molecule has 0 spiro atoms. The summed E-state index contributed by atoms with van der Waals surface area (Å²) < 4.78 is 5.41. The summed E-state index contributed by atoms with van der Waals surface area (Å²) in [6.07, 6.45) is 5.65. The molecule has 2 aliphatic heterocycles. The van der Waals surface area contributed by atoms with Gasteiger partial charge in [-0.3, -0.25) is 9.78 Å². The summed E-state index contributed by atoms with van der Waals surface area (Å²) in [4.78, 5) is 16.8. The van der Waals surface area contributed by atoms with E-state index in [2.05, 4.69) is 15.6 Å².